The molecule has 0 aromatic carbocycles. The van der Waals surface area contributed by atoms with Gasteiger partial charge in [-0.3, -0.25) is 9.99 Å². The van der Waals surface area contributed by atoms with Gasteiger partial charge in [0.2, 0.25) is 17.8 Å². The molecule has 9 heteroatoms. The minimum atomic E-state index is -0.388. The van der Waals surface area contributed by atoms with Crippen LogP contribution in [-0.4, -0.2) is 41.8 Å². The summed E-state index contributed by atoms with van der Waals surface area (Å²) in [6, 6.07) is -0.0533. The lowest BCUT2D eigenvalue weighted by atomic mass is 9.93. The Labute approximate surface area is 121 Å². The molecule has 2 atom stereocenters. The van der Waals surface area contributed by atoms with Crippen molar-refractivity contribution in [3.63, 3.8) is 0 Å². The predicted octanol–water partition coefficient (Wildman–Crippen LogP) is 0.0583. The van der Waals surface area contributed by atoms with E-state index in [-0.39, 0.29) is 18.1 Å². The van der Waals surface area contributed by atoms with Gasteiger partial charge in [-0.25, -0.2) is 10.8 Å². The number of hydrogen-bond acceptors (Lipinski definition) is 8. The molecule has 1 aliphatic rings. The van der Waals surface area contributed by atoms with Gasteiger partial charge in [0.15, 0.2) is 0 Å². The number of nitrogens with one attached hydrogen (secondary N) is 2. The van der Waals surface area contributed by atoms with Gasteiger partial charge in [0.25, 0.3) is 0 Å². The number of nitrogens with two attached hydrogens (primary N) is 1. The summed E-state index contributed by atoms with van der Waals surface area (Å²) in [6.07, 6.45) is 8.38. The summed E-state index contributed by atoms with van der Waals surface area (Å²) in [5, 5.41) is 13.2. The molecule has 1 aliphatic carbocycles. The number of hydrazine groups is 1. The van der Waals surface area contributed by atoms with Crippen LogP contribution in [0.1, 0.15) is 25.7 Å². The van der Waals surface area contributed by atoms with Crippen molar-refractivity contribution in [2.45, 2.75) is 37.8 Å². The fraction of sp³-hybridized carbons (Fsp3) is 0.500. The van der Waals surface area contributed by atoms with Crippen LogP contribution in [0.5, 0.6) is 0 Å². The van der Waals surface area contributed by atoms with Crippen LogP contribution >= 0.6 is 0 Å². The Kier molecular flexibility index (Phi) is 3.93. The molecular weight excluding hydrogens is 272 g/mol. The van der Waals surface area contributed by atoms with E-state index in [0.717, 1.165) is 25.7 Å². The Balaban J connectivity index is 1.85. The van der Waals surface area contributed by atoms with Gasteiger partial charge in [-0.2, -0.15) is 15.0 Å². The van der Waals surface area contributed by atoms with Crippen molar-refractivity contribution in [1.82, 2.24) is 24.5 Å². The summed E-state index contributed by atoms with van der Waals surface area (Å²) in [4.78, 5) is 16.6. The summed E-state index contributed by atoms with van der Waals surface area (Å²) in [5.41, 5.74) is 2.42. The van der Waals surface area contributed by atoms with E-state index in [2.05, 4.69) is 30.7 Å². The summed E-state index contributed by atoms with van der Waals surface area (Å²) >= 11 is 0. The van der Waals surface area contributed by atoms with Gasteiger partial charge < -0.3 is 10.4 Å². The normalized spacial score (nSPS) is 22.0. The Morgan fingerprint density at radius 2 is 2.00 bits per heavy atom. The molecule has 1 saturated carbocycles. The highest BCUT2D eigenvalue weighted by molar-refractivity contribution is 5.38. The molecule has 0 radical (unpaired) electrons. The molecule has 0 saturated heterocycles. The van der Waals surface area contributed by atoms with E-state index in [9.17, 15) is 5.11 Å². The second-order valence-corrected chi connectivity index (χ2v) is 5.00. The second-order valence-electron chi connectivity index (χ2n) is 5.00. The molecule has 5 N–H and O–H groups in total. The number of nitrogen functional groups attached to an aromatic ring is 1. The first-order chi connectivity index (χ1) is 10.3. The lowest BCUT2D eigenvalue weighted by molar-refractivity contribution is 0.116. The third kappa shape index (κ3) is 3.09. The number of rotatable bonds is 4. The Morgan fingerprint density at radius 1 is 1.19 bits per heavy atom. The number of hydrogen-bond donors (Lipinski definition) is 4. The molecule has 0 spiro atoms. The summed E-state index contributed by atoms with van der Waals surface area (Å²) in [7, 11) is 0. The topological polar surface area (TPSA) is 127 Å². The molecule has 3 rings (SSSR count). The van der Waals surface area contributed by atoms with Crippen LogP contribution in [0.15, 0.2) is 18.7 Å². The lowest BCUT2D eigenvalue weighted by Gasteiger charge is -2.28. The maximum Gasteiger partial charge on any atom is 0.243 e. The molecule has 2 heterocycles. The smallest absolute Gasteiger partial charge is 0.243 e. The van der Waals surface area contributed by atoms with Crippen molar-refractivity contribution in [2.75, 3.05) is 10.7 Å². The molecule has 0 bridgehead atoms. The van der Waals surface area contributed by atoms with Crippen molar-refractivity contribution in [3.05, 3.63) is 18.7 Å². The van der Waals surface area contributed by atoms with Gasteiger partial charge >= 0.3 is 0 Å². The fourth-order valence-electron chi connectivity index (χ4n) is 2.43. The summed E-state index contributed by atoms with van der Waals surface area (Å²) in [6.45, 7) is 0. The number of imidazole rings is 1. The number of aromatic nitrogens is 5. The predicted molar refractivity (Wildman–Crippen MR) is 76.6 cm³/mol. The standard InChI is InChI=1S/C12H18N8O/c13-19-11-16-10(15-8-3-1-2-4-9(8)21)17-12(18-11)20-6-5-14-7-20/h5-9,21H,1-4,13H2,(H2,15,16,17,18,19). The minimum absolute atomic E-state index is 0.0533. The van der Waals surface area contributed by atoms with Crippen molar-refractivity contribution < 1.29 is 5.11 Å². The van der Waals surface area contributed by atoms with Crippen molar-refractivity contribution in [1.29, 1.82) is 0 Å². The Morgan fingerprint density at radius 3 is 2.71 bits per heavy atom. The average molecular weight is 290 g/mol. The molecule has 2 unspecified atom stereocenters. The SMILES string of the molecule is NNc1nc(NC2CCCCC2O)nc(-n2ccnc2)n1. The highest BCUT2D eigenvalue weighted by Crippen LogP contribution is 2.21. The maximum absolute atomic E-state index is 10.0. The van der Waals surface area contributed by atoms with Crippen LogP contribution in [0.3, 0.4) is 0 Å². The molecular formula is C12H18N8O. The van der Waals surface area contributed by atoms with E-state index in [0.29, 0.717) is 11.9 Å². The van der Waals surface area contributed by atoms with Crippen molar-refractivity contribution >= 4 is 11.9 Å². The minimum Gasteiger partial charge on any atom is -0.391 e. The van der Waals surface area contributed by atoms with Crippen LogP contribution in [0.4, 0.5) is 11.9 Å². The summed E-state index contributed by atoms with van der Waals surface area (Å²) in [5.74, 6) is 6.44. The number of nitrogens with zero attached hydrogens (tertiary/aromatic N) is 5. The van der Waals surface area contributed by atoms with Gasteiger partial charge in [-0.1, -0.05) is 12.8 Å². The van der Waals surface area contributed by atoms with Crippen LogP contribution < -0.4 is 16.6 Å². The fourth-order valence-corrected chi connectivity index (χ4v) is 2.43. The molecule has 21 heavy (non-hydrogen) atoms. The first-order valence-electron chi connectivity index (χ1n) is 6.92. The zero-order valence-electron chi connectivity index (χ0n) is 11.5. The van der Waals surface area contributed by atoms with Gasteiger partial charge in [-0.15, -0.1) is 0 Å². The number of anilines is 2. The van der Waals surface area contributed by atoms with Crippen LogP contribution in [0.25, 0.3) is 5.95 Å². The lowest BCUT2D eigenvalue weighted by Crippen LogP contribution is -2.37. The van der Waals surface area contributed by atoms with Crippen molar-refractivity contribution in [2.24, 2.45) is 5.84 Å². The van der Waals surface area contributed by atoms with Gasteiger partial charge in [0, 0.05) is 12.4 Å². The average Bonchev–Trinajstić information content (AvgIpc) is 3.04. The molecule has 2 aromatic rings. The third-order valence-corrected chi connectivity index (χ3v) is 3.53. The Bertz CT molecular complexity index is 587. The largest absolute Gasteiger partial charge is 0.391 e. The van der Waals surface area contributed by atoms with E-state index in [4.69, 9.17) is 5.84 Å². The van der Waals surface area contributed by atoms with Gasteiger partial charge in [-0.05, 0) is 12.8 Å². The highest BCUT2D eigenvalue weighted by atomic mass is 16.3. The molecule has 112 valence electrons. The monoisotopic (exact) mass is 290 g/mol. The van der Waals surface area contributed by atoms with E-state index in [1.165, 1.54) is 0 Å². The molecule has 0 aliphatic heterocycles. The van der Waals surface area contributed by atoms with E-state index >= 15 is 0 Å². The summed E-state index contributed by atoms with van der Waals surface area (Å²) < 4.78 is 1.66. The van der Waals surface area contributed by atoms with Crippen LogP contribution in [0.2, 0.25) is 0 Å². The van der Waals surface area contributed by atoms with E-state index in [1.54, 1.807) is 23.3 Å². The molecule has 2 aromatic heterocycles. The van der Waals surface area contributed by atoms with E-state index in [1.807, 2.05) is 0 Å². The van der Waals surface area contributed by atoms with Crippen LogP contribution in [-0.2, 0) is 0 Å². The van der Waals surface area contributed by atoms with Gasteiger partial charge in [0.05, 0.1) is 12.1 Å². The number of aliphatic hydroxyl groups excluding tert-OH is 1. The highest BCUT2D eigenvalue weighted by Gasteiger charge is 2.24. The first kappa shape index (κ1) is 13.7. The number of aliphatic hydroxyl groups is 1. The molecule has 0 amide bonds. The third-order valence-electron chi connectivity index (χ3n) is 3.53. The van der Waals surface area contributed by atoms with E-state index < -0.39 is 0 Å². The molecule has 1 fully saturated rings. The zero-order valence-corrected chi connectivity index (χ0v) is 11.5. The maximum atomic E-state index is 10.0. The zero-order chi connectivity index (χ0) is 14.7. The quantitative estimate of drug-likeness (QED) is 0.460. The first-order valence-corrected chi connectivity index (χ1v) is 6.92. The second kappa shape index (κ2) is 6.02. The van der Waals surface area contributed by atoms with Crippen LogP contribution in [0, 0.1) is 0 Å². The van der Waals surface area contributed by atoms with Crippen molar-refractivity contribution in [3.8, 4) is 5.95 Å². The van der Waals surface area contributed by atoms with Gasteiger partial charge in [0.1, 0.15) is 6.33 Å². The molecule has 9 nitrogen and oxygen atoms in total. The Hall–Kier alpha value is -2.26.